The molecule has 0 spiro atoms. The van der Waals surface area contributed by atoms with Crippen molar-refractivity contribution in [1.82, 2.24) is 0 Å². The standard InChI is InChI=1S/C14H23NO/c1-10-7-6-8-12(11(10)2)13(15)9-16-14(3,4)5/h6-8,13H,9,15H2,1-5H3. The topological polar surface area (TPSA) is 35.2 Å². The molecule has 90 valence electrons. The lowest BCUT2D eigenvalue weighted by Gasteiger charge is -2.23. The van der Waals surface area contributed by atoms with Crippen molar-refractivity contribution in [2.24, 2.45) is 5.73 Å². The van der Waals surface area contributed by atoms with Crippen LogP contribution in [0.1, 0.15) is 43.5 Å². The minimum Gasteiger partial charge on any atom is -0.374 e. The van der Waals surface area contributed by atoms with E-state index in [4.69, 9.17) is 10.5 Å². The molecule has 16 heavy (non-hydrogen) atoms. The van der Waals surface area contributed by atoms with Gasteiger partial charge in [-0.05, 0) is 51.3 Å². The molecule has 0 radical (unpaired) electrons. The van der Waals surface area contributed by atoms with Crippen LogP contribution in [0.25, 0.3) is 0 Å². The molecule has 2 heteroatoms. The lowest BCUT2D eigenvalue weighted by molar-refractivity contribution is -0.0103. The maximum Gasteiger partial charge on any atom is 0.0666 e. The summed E-state index contributed by atoms with van der Waals surface area (Å²) in [4.78, 5) is 0. The molecule has 0 fully saturated rings. The van der Waals surface area contributed by atoms with Crippen LogP contribution < -0.4 is 5.73 Å². The van der Waals surface area contributed by atoms with Crippen molar-refractivity contribution in [1.29, 1.82) is 0 Å². The molecule has 1 rings (SSSR count). The van der Waals surface area contributed by atoms with E-state index in [-0.39, 0.29) is 11.6 Å². The summed E-state index contributed by atoms with van der Waals surface area (Å²) in [6.07, 6.45) is 0. The lowest BCUT2D eigenvalue weighted by Crippen LogP contribution is -2.26. The Labute approximate surface area is 98.8 Å². The van der Waals surface area contributed by atoms with Gasteiger partial charge < -0.3 is 10.5 Å². The largest absolute Gasteiger partial charge is 0.374 e. The van der Waals surface area contributed by atoms with E-state index in [0.717, 1.165) is 0 Å². The van der Waals surface area contributed by atoms with Crippen LogP contribution >= 0.6 is 0 Å². The highest BCUT2D eigenvalue weighted by molar-refractivity contribution is 5.35. The van der Waals surface area contributed by atoms with Crippen LogP contribution in [0.15, 0.2) is 18.2 Å². The maximum absolute atomic E-state index is 6.15. The number of aryl methyl sites for hydroxylation is 1. The summed E-state index contributed by atoms with van der Waals surface area (Å²) in [5.41, 5.74) is 9.75. The summed E-state index contributed by atoms with van der Waals surface area (Å²) in [6.45, 7) is 10.9. The van der Waals surface area contributed by atoms with Gasteiger partial charge in [0.05, 0.1) is 18.2 Å². The lowest BCUT2D eigenvalue weighted by atomic mass is 9.98. The fraction of sp³-hybridized carbons (Fsp3) is 0.571. The van der Waals surface area contributed by atoms with Gasteiger partial charge in [0.25, 0.3) is 0 Å². The minimum atomic E-state index is -0.130. The Balaban J connectivity index is 2.73. The first-order valence-corrected chi connectivity index (χ1v) is 5.77. The van der Waals surface area contributed by atoms with Crippen LogP contribution in [0.2, 0.25) is 0 Å². The van der Waals surface area contributed by atoms with Gasteiger partial charge in [0, 0.05) is 0 Å². The van der Waals surface area contributed by atoms with Gasteiger partial charge in [-0.2, -0.15) is 0 Å². The van der Waals surface area contributed by atoms with Gasteiger partial charge in [0.2, 0.25) is 0 Å². The zero-order chi connectivity index (χ0) is 12.3. The van der Waals surface area contributed by atoms with E-state index in [1.165, 1.54) is 16.7 Å². The average molecular weight is 221 g/mol. The van der Waals surface area contributed by atoms with Crippen LogP contribution in [0.3, 0.4) is 0 Å². The monoisotopic (exact) mass is 221 g/mol. The summed E-state index contributed by atoms with van der Waals surface area (Å²) in [7, 11) is 0. The van der Waals surface area contributed by atoms with Gasteiger partial charge in [-0.15, -0.1) is 0 Å². The molecule has 0 saturated carbocycles. The predicted molar refractivity (Wildman–Crippen MR) is 68.5 cm³/mol. The molecule has 0 aliphatic rings. The van der Waals surface area contributed by atoms with E-state index in [0.29, 0.717) is 6.61 Å². The van der Waals surface area contributed by atoms with Crippen LogP contribution in [0.4, 0.5) is 0 Å². The highest BCUT2D eigenvalue weighted by Gasteiger charge is 2.15. The molecule has 2 N–H and O–H groups in total. The maximum atomic E-state index is 6.15. The van der Waals surface area contributed by atoms with E-state index >= 15 is 0 Å². The van der Waals surface area contributed by atoms with E-state index in [1.54, 1.807) is 0 Å². The van der Waals surface area contributed by atoms with Crippen molar-refractivity contribution in [3.8, 4) is 0 Å². The normalized spacial score (nSPS) is 13.9. The van der Waals surface area contributed by atoms with Crippen LogP contribution in [0.5, 0.6) is 0 Å². The Hall–Kier alpha value is -0.860. The van der Waals surface area contributed by atoms with Crippen molar-refractivity contribution in [2.75, 3.05) is 6.61 Å². The van der Waals surface area contributed by atoms with Crippen LogP contribution in [-0.4, -0.2) is 12.2 Å². The Bertz CT molecular complexity index is 352. The summed E-state index contributed by atoms with van der Waals surface area (Å²) in [5, 5.41) is 0. The molecule has 0 saturated heterocycles. The van der Waals surface area contributed by atoms with Gasteiger partial charge in [-0.25, -0.2) is 0 Å². The summed E-state index contributed by atoms with van der Waals surface area (Å²) in [6, 6.07) is 6.20. The molecule has 0 bridgehead atoms. The number of ether oxygens (including phenoxy) is 1. The van der Waals surface area contributed by atoms with Crippen molar-refractivity contribution in [3.63, 3.8) is 0 Å². The van der Waals surface area contributed by atoms with Gasteiger partial charge >= 0.3 is 0 Å². The molecule has 1 aromatic rings. The molecule has 2 nitrogen and oxygen atoms in total. The number of hydrogen-bond acceptors (Lipinski definition) is 2. The first-order chi connectivity index (χ1) is 7.31. The minimum absolute atomic E-state index is 0.0425. The number of hydrogen-bond donors (Lipinski definition) is 1. The van der Waals surface area contributed by atoms with Gasteiger partial charge in [-0.1, -0.05) is 18.2 Å². The molecular weight excluding hydrogens is 198 g/mol. The van der Waals surface area contributed by atoms with Crippen molar-refractivity contribution >= 4 is 0 Å². The second kappa shape index (κ2) is 4.98. The van der Waals surface area contributed by atoms with Crippen molar-refractivity contribution < 1.29 is 4.74 Å². The Morgan fingerprint density at radius 1 is 1.25 bits per heavy atom. The third-order valence-corrected chi connectivity index (χ3v) is 2.74. The number of benzene rings is 1. The summed E-state index contributed by atoms with van der Waals surface area (Å²) >= 11 is 0. The Kier molecular flexibility index (Phi) is 4.11. The van der Waals surface area contributed by atoms with E-state index in [9.17, 15) is 0 Å². The van der Waals surface area contributed by atoms with Gasteiger partial charge in [-0.3, -0.25) is 0 Å². The second-order valence-electron chi connectivity index (χ2n) is 5.32. The average Bonchev–Trinajstić information content (AvgIpc) is 2.17. The number of nitrogens with two attached hydrogens (primary N) is 1. The summed E-state index contributed by atoms with van der Waals surface area (Å²) in [5.74, 6) is 0. The zero-order valence-corrected chi connectivity index (χ0v) is 11.0. The fourth-order valence-electron chi connectivity index (χ4n) is 1.61. The number of rotatable bonds is 3. The van der Waals surface area contributed by atoms with E-state index in [2.05, 4.69) is 32.0 Å². The fourth-order valence-corrected chi connectivity index (χ4v) is 1.61. The van der Waals surface area contributed by atoms with Gasteiger partial charge in [0.15, 0.2) is 0 Å². The highest BCUT2D eigenvalue weighted by atomic mass is 16.5. The Morgan fingerprint density at radius 2 is 1.88 bits per heavy atom. The predicted octanol–water partition coefficient (Wildman–Crippen LogP) is 3.12. The second-order valence-corrected chi connectivity index (χ2v) is 5.32. The van der Waals surface area contributed by atoms with Crippen molar-refractivity contribution in [2.45, 2.75) is 46.3 Å². The molecule has 1 unspecified atom stereocenters. The third-order valence-electron chi connectivity index (χ3n) is 2.74. The third kappa shape index (κ3) is 3.62. The molecule has 0 amide bonds. The molecule has 0 aliphatic heterocycles. The molecule has 0 aromatic heterocycles. The zero-order valence-electron chi connectivity index (χ0n) is 11.0. The van der Waals surface area contributed by atoms with Crippen molar-refractivity contribution in [3.05, 3.63) is 34.9 Å². The molecule has 1 atom stereocenters. The Morgan fingerprint density at radius 3 is 2.44 bits per heavy atom. The van der Waals surface area contributed by atoms with E-state index < -0.39 is 0 Å². The van der Waals surface area contributed by atoms with E-state index in [1.807, 2.05) is 20.8 Å². The highest BCUT2D eigenvalue weighted by Crippen LogP contribution is 2.20. The molecule has 0 heterocycles. The van der Waals surface area contributed by atoms with Crippen LogP contribution in [-0.2, 0) is 4.74 Å². The smallest absolute Gasteiger partial charge is 0.0666 e. The first kappa shape index (κ1) is 13.2. The first-order valence-electron chi connectivity index (χ1n) is 5.77. The molecule has 1 aromatic carbocycles. The SMILES string of the molecule is Cc1cccc(C(N)COC(C)(C)C)c1C. The van der Waals surface area contributed by atoms with Gasteiger partial charge in [0.1, 0.15) is 0 Å². The summed E-state index contributed by atoms with van der Waals surface area (Å²) < 4.78 is 5.72. The molecular formula is C14H23NO. The molecule has 0 aliphatic carbocycles. The quantitative estimate of drug-likeness (QED) is 0.851. The van der Waals surface area contributed by atoms with Crippen LogP contribution in [0, 0.1) is 13.8 Å².